The molecular formula is C17H19N5O. The largest absolute Gasteiger partial charge is 0.497 e. The Bertz CT molecular complexity index is 892. The molecule has 0 atom stereocenters. The van der Waals surface area contributed by atoms with Gasteiger partial charge in [-0.1, -0.05) is 12.1 Å². The quantitative estimate of drug-likeness (QED) is 0.770. The van der Waals surface area contributed by atoms with Crippen LogP contribution in [0.2, 0.25) is 0 Å². The Kier molecular flexibility index (Phi) is 3.73. The smallest absolute Gasteiger partial charge is 0.224 e. The summed E-state index contributed by atoms with van der Waals surface area (Å²) < 4.78 is 5.29. The second-order valence-electron chi connectivity index (χ2n) is 5.49. The number of hydrogen-bond acceptors (Lipinski definition) is 6. The number of aryl methyl sites for hydroxylation is 2. The van der Waals surface area contributed by atoms with Crippen LogP contribution in [0.3, 0.4) is 0 Å². The Labute approximate surface area is 134 Å². The lowest BCUT2D eigenvalue weighted by molar-refractivity contribution is 0.414. The minimum atomic E-state index is 0.141. The van der Waals surface area contributed by atoms with E-state index in [0.29, 0.717) is 11.5 Å². The van der Waals surface area contributed by atoms with E-state index >= 15 is 0 Å². The highest BCUT2D eigenvalue weighted by molar-refractivity contribution is 5.90. The molecule has 0 aliphatic rings. The molecule has 6 heteroatoms. The molecule has 0 fully saturated rings. The summed E-state index contributed by atoms with van der Waals surface area (Å²) in [7, 11) is 1.66. The van der Waals surface area contributed by atoms with Crippen molar-refractivity contribution < 1.29 is 4.74 Å². The molecule has 0 unspecified atom stereocenters. The lowest BCUT2D eigenvalue weighted by Gasteiger charge is -2.14. The molecule has 23 heavy (non-hydrogen) atoms. The van der Waals surface area contributed by atoms with E-state index in [-0.39, 0.29) is 5.95 Å². The van der Waals surface area contributed by atoms with E-state index in [1.165, 1.54) is 0 Å². The number of methoxy groups -OCH3 is 1. The summed E-state index contributed by atoms with van der Waals surface area (Å²) in [4.78, 5) is 12.8. The van der Waals surface area contributed by atoms with Gasteiger partial charge in [-0.15, -0.1) is 0 Å². The number of rotatable bonds is 3. The van der Waals surface area contributed by atoms with Gasteiger partial charge in [0.05, 0.1) is 12.5 Å². The standard InChI is InChI=1S/C17H19N5O/c1-9-13(8-11-5-4-6-12(7-11)23-3)10(2)20-16-14(9)15(18)21-17(19)22-16/h4-7H,8H2,1-3H3,(H4,18,19,20,21,22). The van der Waals surface area contributed by atoms with Crippen molar-refractivity contribution in [1.29, 1.82) is 0 Å². The fourth-order valence-corrected chi connectivity index (χ4v) is 2.82. The maximum atomic E-state index is 6.02. The number of hydrogen-bond donors (Lipinski definition) is 2. The highest BCUT2D eigenvalue weighted by Gasteiger charge is 2.14. The number of nitrogen functional groups attached to an aromatic ring is 2. The Morgan fingerprint density at radius 2 is 1.87 bits per heavy atom. The zero-order valence-electron chi connectivity index (χ0n) is 13.4. The first-order chi connectivity index (χ1) is 11.0. The van der Waals surface area contributed by atoms with E-state index in [2.05, 4.69) is 21.0 Å². The summed E-state index contributed by atoms with van der Waals surface area (Å²) in [6, 6.07) is 7.99. The zero-order chi connectivity index (χ0) is 16.6. The molecule has 0 spiro atoms. The highest BCUT2D eigenvalue weighted by Crippen LogP contribution is 2.28. The first-order valence-corrected chi connectivity index (χ1v) is 7.31. The van der Waals surface area contributed by atoms with Gasteiger partial charge in [-0.3, -0.25) is 0 Å². The molecule has 0 aliphatic heterocycles. The molecule has 118 valence electrons. The number of fused-ring (bicyclic) bond motifs is 1. The fraction of sp³-hybridized carbons (Fsp3) is 0.235. The molecule has 4 N–H and O–H groups in total. The van der Waals surface area contributed by atoms with Crippen LogP contribution in [-0.2, 0) is 6.42 Å². The number of nitrogens with zero attached hydrogens (tertiary/aromatic N) is 3. The Morgan fingerprint density at radius 1 is 1.09 bits per heavy atom. The molecule has 2 aromatic heterocycles. The summed E-state index contributed by atoms with van der Waals surface area (Å²) in [5.41, 5.74) is 16.4. The average molecular weight is 309 g/mol. The van der Waals surface area contributed by atoms with Crippen LogP contribution >= 0.6 is 0 Å². The molecule has 1 aromatic carbocycles. The van der Waals surface area contributed by atoms with Crippen molar-refractivity contribution in [1.82, 2.24) is 15.0 Å². The number of ether oxygens (including phenoxy) is 1. The monoisotopic (exact) mass is 309 g/mol. The van der Waals surface area contributed by atoms with E-state index in [0.717, 1.165) is 39.9 Å². The molecule has 0 bridgehead atoms. The second-order valence-corrected chi connectivity index (χ2v) is 5.49. The van der Waals surface area contributed by atoms with E-state index in [1.807, 2.05) is 32.0 Å². The SMILES string of the molecule is COc1cccc(Cc2c(C)nc3nc(N)nc(N)c3c2C)c1. The molecule has 0 radical (unpaired) electrons. The van der Waals surface area contributed by atoms with Crippen molar-refractivity contribution in [3.63, 3.8) is 0 Å². The van der Waals surface area contributed by atoms with Gasteiger partial charge in [-0.25, -0.2) is 4.98 Å². The third kappa shape index (κ3) is 2.75. The maximum absolute atomic E-state index is 6.02. The van der Waals surface area contributed by atoms with Crippen molar-refractivity contribution in [2.24, 2.45) is 0 Å². The van der Waals surface area contributed by atoms with Gasteiger partial charge in [0.2, 0.25) is 5.95 Å². The molecule has 0 amide bonds. The maximum Gasteiger partial charge on any atom is 0.224 e. The second kappa shape index (κ2) is 5.72. The predicted molar refractivity (Wildman–Crippen MR) is 91.4 cm³/mol. The summed E-state index contributed by atoms with van der Waals surface area (Å²) in [6.07, 6.45) is 0.738. The molecule has 6 nitrogen and oxygen atoms in total. The van der Waals surface area contributed by atoms with E-state index in [9.17, 15) is 0 Å². The van der Waals surface area contributed by atoms with E-state index in [1.54, 1.807) is 7.11 Å². The first kappa shape index (κ1) is 15.0. The summed E-state index contributed by atoms with van der Waals surface area (Å²) in [6.45, 7) is 3.98. The van der Waals surface area contributed by atoms with Gasteiger partial charge in [-0.05, 0) is 49.1 Å². The van der Waals surface area contributed by atoms with Gasteiger partial charge in [0, 0.05) is 5.69 Å². The fourth-order valence-electron chi connectivity index (χ4n) is 2.82. The molecule has 2 heterocycles. The number of nitrogens with two attached hydrogens (primary N) is 2. The number of aromatic nitrogens is 3. The third-order valence-electron chi connectivity index (χ3n) is 3.99. The van der Waals surface area contributed by atoms with Gasteiger partial charge in [-0.2, -0.15) is 9.97 Å². The van der Waals surface area contributed by atoms with Crippen LogP contribution in [0.25, 0.3) is 11.0 Å². The molecule has 0 saturated heterocycles. The van der Waals surface area contributed by atoms with Crippen molar-refractivity contribution >= 4 is 22.8 Å². The Balaban J connectivity index is 2.14. The van der Waals surface area contributed by atoms with Crippen molar-refractivity contribution in [3.05, 3.63) is 46.6 Å². The minimum Gasteiger partial charge on any atom is -0.497 e. The van der Waals surface area contributed by atoms with Gasteiger partial charge < -0.3 is 16.2 Å². The van der Waals surface area contributed by atoms with Crippen LogP contribution in [0.4, 0.5) is 11.8 Å². The van der Waals surface area contributed by atoms with Crippen LogP contribution in [-0.4, -0.2) is 22.1 Å². The summed E-state index contributed by atoms with van der Waals surface area (Å²) in [5.74, 6) is 1.34. The Hall–Kier alpha value is -2.89. The van der Waals surface area contributed by atoms with Crippen LogP contribution in [0.5, 0.6) is 5.75 Å². The van der Waals surface area contributed by atoms with Gasteiger partial charge in [0.25, 0.3) is 0 Å². The van der Waals surface area contributed by atoms with Gasteiger partial charge >= 0.3 is 0 Å². The topological polar surface area (TPSA) is 99.9 Å². The number of pyridine rings is 1. The van der Waals surface area contributed by atoms with Crippen LogP contribution in [0.1, 0.15) is 22.4 Å². The normalized spacial score (nSPS) is 10.9. The van der Waals surface area contributed by atoms with Crippen LogP contribution < -0.4 is 16.2 Å². The minimum absolute atomic E-state index is 0.141. The summed E-state index contributed by atoms with van der Waals surface area (Å²) >= 11 is 0. The van der Waals surface area contributed by atoms with Crippen molar-refractivity contribution in [2.75, 3.05) is 18.6 Å². The van der Waals surface area contributed by atoms with Gasteiger partial charge in [0.15, 0.2) is 5.65 Å². The molecule has 3 rings (SSSR count). The van der Waals surface area contributed by atoms with E-state index in [4.69, 9.17) is 16.2 Å². The van der Waals surface area contributed by atoms with Crippen molar-refractivity contribution in [3.8, 4) is 5.75 Å². The number of benzene rings is 1. The molecule has 3 aromatic rings. The summed E-state index contributed by atoms with van der Waals surface area (Å²) in [5, 5.41) is 0.766. The lowest BCUT2D eigenvalue weighted by atomic mass is 9.97. The average Bonchev–Trinajstić information content (AvgIpc) is 2.50. The third-order valence-corrected chi connectivity index (χ3v) is 3.99. The molecular weight excluding hydrogens is 290 g/mol. The number of anilines is 2. The first-order valence-electron chi connectivity index (χ1n) is 7.31. The van der Waals surface area contributed by atoms with Crippen molar-refractivity contribution in [2.45, 2.75) is 20.3 Å². The lowest BCUT2D eigenvalue weighted by Crippen LogP contribution is -2.07. The molecule has 0 saturated carbocycles. The zero-order valence-corrected chi connectivity index (χ0v) is 13.4. The highest BCUT2D eigenvalue weighted by atomic mass is 16.5. The van der Waals surface area contributed by atoms with Crippen LogP contribution in [0, 0.1) is 13.8 Å². The van der Waals surface area contributed by atoms with Gasteiger partial charge in [0.1, 0.15) is 11.6 Å². The van der Waals surface area contributed by atoms with Crippen LogP contribution in [0.15, 0.2) is 24.3 Å². The Morgan fingerprint density at radius 3 is 2.61 bits per heavy atom. The van der Waals surface area contributed by atoms with E-state index < -0.39 is 0 Å². The predicted octanol–water partition coefficient (Wildman–Crippen LogP) is 2.41. The molecule has 0 aliphatic carbocycles.